The average molecular weight is 280 g/mol. The third kappa shape index (κ3) is 2.82. The van der Waals surface area contributed by atoms with Crippen molar-refractivity contribution in [2.45, 2.75) is 32.7 Å². The second-order valence-electron chi connectivity index (χ2n) is 4.65. The molecule has 0 saturated carbocycles. The van der Waals surface area contributed by atoms with E-state index in [4.69, 9.17) is 5.73 Å². The van der Waals surface area contributed by atoms with Gasteiger partial charge in [-0.2, -0.15) is 0 Å². The number of sulfone groups is 1. The highest BCUT2D eigenvalue weighted by atomic mass is 32.2. The zero-order valence-corrected chi connectivity index (χ0v) is 12.2. The van der Waals surface area contributed by atoms with E-state index in [9.17, 15) is 8.42 Å². The molecule has 2 rings (SSSR count). The van der Waals surface area contributed by atoms with Crippen molar-refractivity contribution in [1.82, 2.24) is 4.57 Å². The van der Waals surface area contributed by atoms with Gasteiger partial charge in [0.25, 0.3) is 0 Å². The van der Waals surface area contributed by atoms with Crippen LogP contribution in [0.1, 0.15) is 25.1 Å². The molecule has 104 valence electrons. The number of aryl methyl sites for hydroxylation is 1. The van der Waals surface area contributed by atoms with Gasteiger partial charge in [0.05, 0.1) is 5.75 Å². The summed E-state index contributed by atoms with van der Waals surface area (Å²) in [6, 6.07) is 8.00. The van der Waals surface area contributed by atoms with Crippen LogP contribution in [-0.2, 0) is 28.7 Å². The monoisotopic (exact) mass is 280 g/mol. The van der Waals surface area contributed by atoms with Crippen molar-refractivity contribution in [3.8, 4) is 0 Å². The maximum absolute atomic E-state index is 11.8. The van der Waals surface area contributed by atoms with Gasteiger partial charge in [0.2, 0.25) is 0 Å². The molecule has 2 N–H and O–H groups in total. The number of nitrogens with two attached hydrogens (primary N) is 1. The Hall–Kier alpha value is -1.33. The van der Waals surface area contributed by atoms with E-state index in [1.54, 1.807) is 6.92 Å². The van der Waals surface area contributed by atoms with Crippen molar-refractivity contribution in [2.24, 2.45) is 5.73 Å². The number of benzene rings is 1. The largest absolute Gasteiger partial charge is 0.344 e. The SMILES string of the molecule is CCn1c(CS(=O)(=O)CC)cc2cc(CN)ccc21. The molecule has 0 amide bonds. The molecule has 2 aromatic rings. The summed E-state index contributed by atoms with van der Waals surface area (Å²) in [6.45, 7) is 4.97. The third-order valence-electron chi connectivity index (χ3n) is 3.41. The minimum atomic E-state index is -3.01. The van der Waals surface area contributed by atoms with Gasteiger partial charge in [0, 0.05) is 35.4 Å². The van der Waals surface area contributed by atoms with Crippen LogP contribution in [0.15, 0.2) is 24.3 Å². The highest BCUT2D eigenvalue weighted by molar-refractivity contribution is 7.90. The lowest BCUT2D eigenvalue weighted by atomic mass is 10.1. The van der Waals surface area contributed by atoms with Crippen molar-refractivity contribution in [3.05, 3.63) is 35.5 Å². The number of aromatic nitrogens is 1. The molecular weight excluding hydrogens is 260 g/mol. The Morgan fingerprint density at radius 3 is 2.53 bits per heavy atom. The third-order valence-corrected chi connectivity index (χ3v) is 5.03. The van der Waals surface area contributed by atoms with E-state index < -0.39 is 9.84 Å². The van der Waals surface area contributed by atoms with Gasteiger partial charge in [0.1, 0.15) is 0 Å². The van der Waals surface area contributed by atoms with Crippen LogP contribution in [0.3, 0.4) is 0 Å². The minimum Gasteiger partial charge on any atom is -0.344 e. The predicted octanol–water partition coefficient (Wildman–Crippen LogP) is 2.05. The second kappa shape index (κ2) is 5.35. The van der Waals surface area contributed by atoms with E-state index in [1.807, 2.05) is 31.2 Å². The van der Waals surface area contributed by atoms with Crippen LogP contribution in [-0.4, -0.2) is 18.7 Å². The summed E-state index contributed by atoms with van der Waals surface area (Å²) in [4.78, 5) is 0. The van der Waals surface area contributed by atoms with Crippen molar-refractivity contribution in [1.29, 1.82) is 0 Å². The topological polar surface area (TPSA) is 65.1 Å². The minimum absolute atomic E-state index is 0.101. The summed E-state index contributed by atoms with van der Waals surface area (Å²) in [5, 5.41) is 1.06. The first kappa shape index (κ1) is 14.1. The Bertz CT molecular complexity index is 687. The van der Waals surface area contributed by atoms with Gasteiger partial charge in [-0.1, -0.05) is 13.0 Å². The lowest BCUT2D eigenvalue weighted by Gasteiger charge is -2.08. The van der Waals surface area contributed by atoms with Crippen molar-refractivity contribution < 1.29 is 8.42 Å². The molecule has 0 spiro atoms. The summed E-state index contributed by atoms with van der Waals surface area (Å²) >= 11 is 0. The highest BCUT2D eigenvalue weighted by Gasteiger charge is 2.15. The first-order chi connectivity index (χ1) is 9.00. The predicted molar refractivity (Wildman–Crippen MR) is 78.7 cm³/mol. The number of hydrogen-bond donors (Lipinski definition) is 1. The smallest absolute Gasteiger partial charge is 0.155 e. The highest BCUT2D eigenvalue weighted by Crippen LogP contribution is 2.23. The molecule has 1 aromatic carbocycles. The Morgan fingerprint density at radius 1 is 1.21 bits per heavy atom. The zero-order valence-electron chi connectivity index (χ0n) is 11.4. The fraction of sp³-hybridized carbons (Fsp3) is 0.429. The Balaban J connectivity index is 2.55. The van der Waals surface area contributed by atoms with Crippen molar-refractivity contribution in [3.63, 3.8) is 0 Å². The summed E-state index contributed by atoms with van der Waals surface area (Å²) < 4.78 is 25.7. The van der Waals surface area contributed by atoms with Gasteiger partial charge in [-0.05, 0) is 30.7 Å². The Labute approximate surface area is 114 Å². The molecule has 0 radical (unpaired) electrons. The lowest BCUT2D eigenvalue weighted by molar-refractivity contribution is 0.594. The molecule has 19 heavy (non-hydrogen) atoms. The molecule has 0 bridgehead atoms. The first-order valence-electron chi connectivity index (χ1n) is 6.52. The molecule has 0 aliphatic heterocycles. The van der Waals surface area contributed by atoms with E-state index in [1.165, 1.54) is 0 Å². The summed E-state index contributed by atoms with van der Waals surface area (Å²) in [5.41, 5.74) is 8.63. The number of fused-ring (bicyclic) bond motifs is 1. The number of nitrogens with zero attached hydrogens (tertiary/aromatic N) is 1. The van der Waals surface area contributed by atoms with Crippen LogP contribution in [0, 0.1) is 0 Å². The molecular formula is C14H20N2O2S. The van der Waals surface area contributed by atoms with Crippen LogP contribution in [0.25, 0.3) is 10.9 Å². The van der Waals surface area contributed by atoms with Gasteiger partial charge >= 0.3 is 0 Å². The molecule has 0 unspecified atom stereocenters. The molecule has 4 nitrogen and oxygen atoms in total. The molecule has 0 fully saturated rings. The van der Waals surface area contributed by atoms with E-state index in [2.05, 4.69) is 4.57 Å². The van der Waals surface area contributed by atoms with Crippen molar-refractivity contribution in [2.75, 3.05) is 5.75 Å². The summed E-state index contributed by atoms with van der Waals surface area (Å²) in [6.07, 6.45) is 0. The maximum Gasteiger partial charge on any atom is 0.155 e. The van der Waals surface area contributed by atoms with Crippen molar-refractivity contribution >= 4 is 20.7 Å². The molecule has 1 heterocycles. The standard InChI is InChI=1S/C14H20N2O2S/c1-3-16-13(10-19(17,18)4-2)8-12-7-11(9-15)5-6-14(12)16/h5-8H,3-4,9-10,15H2,1-2H3. The fourth-order valence-corrected chi connectivity index (χ4v) is 3.22. The molecule has 5 heteroatoms. The van der Waals surface area contributed by atoms with Crippen LogP contribution in [0.4, 0.5) is 0 Å². The van der Waals surface area contributed by atoms with Crippen LogP contribution >= 0.6 is 0 Å². The van der Waals surface area contributed by atoms with E-state index in [0.29, 0.717) is 6.54 Å². The van der Waals surface area contributed by atoms with E-state index in [-0.39, 0.29) is 11.5 Å². The van der Waals surface area contributed by atoms with Gasteiger partial charge < -0.3 is 10.3 Å². The van der Waals surface area contributed by atoms with E-state index >= 15 is 0 Å². The van der Waals surface area contributed by atoms with Gasteiger partial charge in [-0.15, -0.1) is 0 Å². The molecule has 0 atom stereocenters. The number of rotatable bonds is 5. The molecule has 0 aliphatic rings. The molecule has 0 aliphatic carbocycles. The zero-order chi connectivity index (χ0) is 14.0. The quantitative estimate of drug-likeness (QED) is 0.911. The Morgan fingerprint density at radius 2 is 1.95 bits per heavy atom. The van der Waals surface area contributed by atoms with Crippen LogP contribution in [0.2, 0.25) is 0 Å². The normalized spacial score (nSPS) is 12.2. The maximum atomic E-state index is 11.8. The first-order valence-corrected chi connectivity index (χ1v) is 8.34. The summed E-state index contributed by atoms with van der Waals surface area (Å²) in [7, 11) is -3.01. The molecule has 0 saturated heterocycles. The second-order valence-corrected chi connectivity index (χ2v) is 7.01. The van der Waals surface area contributed by atoms with Crippen LogP contribution < -0.4 is 5.73 Å². The van der Waals surface area contributed by atoms with Gasteiger partial charge in [-0.25, -0.2) is 8.42 Å². The number of hydrogen-bond acceptors (Lipinski definition) is 3. The molecule has 1 aromatic heterocycles. The average Bonchev–Trinajstić information content (AvgIpc) is 2.73. The summed E-state index contributed by atoms with van der Waals surface area (Å²) in [5.74, 6) is 0.274. The Kier molecular flexibility index (Phi) is 3.96. The fourth-order valence-electron chi connectivity index (χ4n) is 2.32. The van der Waals surface area contributed by atoms with Crippen LogP contribution in [0.5, 0.6) is 0 Å². The van der Waals surface area contributed by atoms with E-state index in [0.717, 1.165) is 28.7 Å². The lowest BCUT2D eigenvalue weighted by Crippen LogP contribution is -2.10. The van der Waals surface area contributed by atoms with Gasteiger partial charge in [-0.3, -0.25) is 0 Å². The van der Waals surface area contributed by atoms with Gasteiger partial charge in [0.15, 0.2) is 9.84 Å².